The van der Waals surface area contributed by atoms with Crippen molar-refractivity contribution in [2.45, 2.75) is 32.1 Å². The van der Waals surface area contributed by atoms with E-state index < -0.39 is 5.97 Å². The quantitative estimate of drug-likeness (QED) is 0.832. The molecule has 0 atom stereocenters. The van der Waals surface area contributed by atoms with Crippen molar-refractivity contribution in [1.29, 1.82) is 0 Å². The molecule has 2 rings (SSSR count). The minimum absolute atomic E-state index is 0.0246. The van der Waals surface area contributed by atoms with Crippen LogP contribution in [-0.4, -0.2) is 21.3 Å². The summed E-state index contributed by atoms with van der Waals surface area (Å²) in [5.41, 5.74) is 0. The van der Waals surface area contributed by atoms with Gasteiger partial charge in [0, 0.05) is 17.7 Å². The van der Waals surface area contributed by atoms with E-state index in [1.165, 1.54) is 4.88 Å². The molecule has 2 aromatic heterocycles. The van der Waals surface area contributed by atoms with Crippen LogP contribution >= 0.6 is 11.3 Å². The molecule has 96 valence electrons. The molecule has 2 heterocycles. The van der Waals surface area contributed by atoms with Crippen molar-refractivity contribution in [3.63, 3.8) is 0 Å². The van der Waals surface area contributed by atoms with E-state index in [0.29, 0.717) is 18.2 Å². The highest BCUT2D eigenvalue weighted by atomic mass is 32.1. The number of thiophene rings is 1. The Labute approximate surface area is 108 Å². The molecule has 0 radical (unpaired) electrons. The van der Waals surface area contributed by atoms with E-state index in [9.17, 15) is 4.79 Å². The highest BCUT2D eigenvalue weighted by Gasteiger charge is 2.08. The zero-order valence-electron chi connectivity index (χ0n) is 9.83. The number of aryl methyl sites for hydroxylation is 3. The van der Waals surface area contributed by atoms with Crippen LogP contribution in [0.15, 0.2) is 21.9 Å². The Bertz CT molecular complexity index is 493. The van der Waals surface area contributed by atoms with Crippen LogP contribution in [0.3, 0.4) is 0 Å². The molecule has 0 saturated heterocycles. The van der Waals surface area contributed by atoms with E-state index in [0.717, 1.165) is 19.3 Å². The molecule has 0 fully saturated rings. The molecule has 5 nitrogen and oxygen atoms in total. The Morgan fingerprint density at radius 1 is 1.28 bits per heavy atom. The molecule has 6 heteroatoms. The second-order valence-electron chi connectivity index (χ2n) is 3.92. The first kappa shape index (κ1) is 12.8. The van der Waals surface area contributed by atoms with E-state index in [4.69, 9.17) is 9.52 Å². The van der Waals surface area contributed by atoms with Gasteiger partial charge >= 0.3 is 5.97 Å². The highest BCUT2D eigenvalue weighted by molar-refractivity contribution is 7.09. The predicted molar refractivity (Wildman–Crippen MR) is 66.6 cm³/mol. The van der Waals surface area contributed by atoms with Gasteiger partial charge in [0.15, 0.2) is 0 Å². The molecule has 0 spiro atoms. The van der Waals surface area contributed by atoms with Crippen LogP contribution in [0.4, 0.5) is 0 Å². The molecule has 0 aliphatic rings. The van der Waals surface area contributed by atoms with E-state index in [1.54, 1.807) is 11.3 Å². The number of carbonyl (C=O) groups is 1. The smallest absolute Gasteiger partial charge is 0.303 e. The SMILES string of the molecule is O=C(O)CCc1nnc(CCCc2cccs2)o1. The van der Waals surface area contributed by atoms with E-state index in [1.807, 2.05) is 6.07 Å². The fourth-order valence-corrected chi connectivity index (χ4v) is 2.32. The van der Waals surface area contributed by atoms with Crippen LogP contribution in [0, 0.1) is 0 Å². The van der Waals surface area contributed by atoms with Crippen molar-refractivity contribution in [2.24, 2.45) is 0 Å². The number of nitrogens with zero attached hydrogens (tertiary/aromatic N) is 2. The number of rotatable bonds is 7. The first-order valence-corrected chi connectivity index (χ1v) is 6.67. The third kappa shape index (κ3) is 3.96. The monoisotopic (exact) mass is 266 g/mol. The van der Waals surface area contributed by atoms with Crippen molar-refractivity contribution in [3.05, 3.63) is 34.2 Å². The summed E-state index contributed by atoms with van der Waals surface area (Å²) in [4.78, 5) is 11.7. The van der Waals surface area contributed by atoms with Crippen LogP contribution in [0.25, 0.3) is 0 Å². The molecule has 1 N–H and O–H groups in total. The molecule has 2 aromatic rings. The van der Waals surface area contributed by atoms with Crippen LogP contribution < -0.4 is 0 Å². The van der Waals surface area contributed by atoms with Gasteiger partial charge < -0.3 is 9.52 Å². The lowest BCUT2D eigenvalue weighted by atomic mass is 10.2. The van der Waals surface area contributed by atoms with Gasteiger partial charge in [-0.25, -0.2) is 0 Å². The van der Waals surface area contributed by atoms with E-state index in [2.05, 4.69) is 21.6 Å². The Balaban J connectivity index is 1.74. The summed E-state index contributed by atoms with van der Waals surface area (Å²) < 4.78 is 5.37. The van der Waals surface area contributed by atoms with Gasteiger partial charge in [-0.2, -0.15) is 0 Å². The number of aromatic nitrogens is 2. The van der Waals surface area contributed by atoms with Crippen LogP contribution in [0.2, 0.25) is 0 Å². The molecule has 0 amide bonds. The number of aliphatic carboxylic acids is 1. The Hall–Kier alpha value is -1.69. The lowest BCUT2D eigenvalue weighted by Crippen LogP contribution is -1.97. The highest BCUT2D eigenvalue weighted by Crippen LogP contribution is 2.13. The number of carboxylic acids is 1. The van der Waals surface area contributed by atoms with Gasteiger partial charge in [-0.3, -0.25) is 4.79 Å². The van der Waals surface area contributed by atoms with Crippen LogP contribution in [0.5, 0.6) is 0 Å². The first-order valence-electron chi connectivity index (χ1n) is 5.79. The predicted octanol–water partition coefficient (Wildman–Crippen LogP) is 2.32. The fourth-order valence-electron chi connectivity index (χ4n) is 1.57. The normalized spacial score (nSPS) is 10.7. The Kier molecular flexibility index (Phi) is 4.46. The second kappa shape index (κ2) is 6.30. The summed E-state index contributed by atoms with van der Waals surface area (Å²) in [6, 6.07) is 4.15. The molecule has 0 aromatic carbocycles. The summed E-state index contributed by atoms with van der Waals surface area (Å²) in [6.07, 6.45) is 3.02. The van der Waals surface area contributed by atoms with Gasteiger partial charge in [0.2, 0.25) is 11.8 Å². The third-order valence-corrected chi connectivity index (χ3v) is 3.39. The molecule has 0 unspecified atom stereocenters. The number of carboxylic acid groups (broad SMARTS) is 1. The van der Waals surface area contributed by atoms with Gasteiger partial charge in [-0.15, -0.1) is 21.5 Å². The zero-order valence-corrected chi connectivity index (χ0v) is 10.7. The molecule has 0 aliphatic heterocycles. The van der Waals surface area contributed by atoms with Crippen LogP contribution in [0.1, 0.15) is 29.5 Å². The second-order valence-corrected chi connectivity index (χ2v) is 4.95. The van der Waals surface area contributed by atoms with Gasteiger partial charge in [0.1, 0.15) is 0 Å². The van der Waals surface area contributed by atoms with Crippen LogP contribution in [-0.2, 0) is 24.1 Å². The average Bonchev–Trinajstić information content (AvgIpc) is 2.97. The Morgan fingerprint density at radius 3 is 2.72 bits per heavy atom. The van der Waals surface area contributed by atoms with Gasteiger partial charge in [0.05, 0.1) is 6.42 Å². The number of hydrogen-bond acceptors (Lipinski definition) is 5. The largest absolute Gasteiger partial charge is 0.481 e. The summed E-state index contributed by atoms with van der Waals surface area (Å²) in [5, 5.41) is 18.3. The maximum absolute atomic E-state index is 10.4. The molecule has 0 aliphatic carbocycles. The van der Waals surface area contributed by atoms with Crippen molar-refractivity contribution < 1.29 is 14.3 Å². The summed E-state index contributed by atoms with van der Waals surface area (Å²) in [5.74, 6) is 0.142. The van der Waals surface area contributed by atoms with Crippen molar-refractivity contribution >= 4 is 17.3 Å². The van der Waals surface area contributed by atoms with Gasteiger partial charge in [-0.1, -0.05) is 6.07 Å². The van der Waals surface area contributed by atoms with E-state index >= 15 is 0 Å². The summed E-state index contributed by atoms with van der Waals surface area (Å²) in [6.45, 7) is 0. The summed E-state index contributed by atoms with van der Waals surface area (Å²) in [7, 11) is 0. The third-order valence-electron chi connectivity index (χ3n) is 2.46. The van der Waals surface area contributed by atoms with Crippen molar-refractivity contribution in [3.8, 4) is 0 Å². The minimum atomic E-state index is -0.854. The minimum Gasteiger partial charge on any atom is -0.481 e. The molecular weight excluding hydrogens is 252 g/mol. The fraction of sp³-hybridized carbons (Fsp3) is 0.417. The van der Waals surface area contributed by atoms with Gasteiger partial charge in [-0.05, 0) is 24.3 Å². The number of hydrogen-bond donors (Lipinski definition) is 1. The zero-order chi connectivity index (χ0) is 12.8. The molecular formula is C12H14N2O3S. The first-order chi connectivity index (χ1) is 8.74. The topological polar surface area (TPSA) is 76.2 Å². The van der Waals surface area contributed by atoms with Crippen molar-refractivity contribution in [1.82, 2.24) is 10.2 Å². The Morgan fingerprint density at radius 2 is 2.06 bits per heavy atom. The maximum atomic E-state index is 10.4. The average molecular weight is 266 g/mol. The summed E-state index contributed by atoms with van der Waals surface area (Å²) >= 11 is 1.74. The molecule has 0 bridgehead atoms. The lowest BCUT2D eigenvalue weighted by Gasteiger charge is -1.94. The standard InChI is InChI=1S/C12H14N2O3S/c15-12(16)7-6-11-14-13-10(17-11)5-1-3-9-4-2-8-18-9/h2,4,8H,1,3,5-7H2,(H,15,16). The lowest BCUT2D eigenvalue weighted by molar-refractivity contribution is -0.137. The molecule has 0 saturated carbocycles. The van der Waals surface area contributed by atoms with Gasteiger partial charge in [0.25, 0.3) is 0 Å². The molecule has 18 heavy (non-hydrogen) atoms. The van der Waals surface area contributed by atoms with E-state index in [-0.39, 0.29) is 6.42 Å². The maximum Gasteiger partial charge on any atom is 0.303 e. The van der Waals surface area contributed by atoms with Crippen molar-refractivity contribution in [2.75, 3.05) is 0 Å².